The van der Waals surface area contributed by atoms with E-state index in [1.165, 1.54) is 18.2 Å². The van der Waals surface area contributed by atoms with Gasteiger partial charge in [0.15, 0.2) is 6.61 Å². The highest BCUT2D eigenvalue weighted by molar-refractivity contribution is 9.11. The first-order valence-electron chi connectivity index (χ1n) is 4.56. The molecule has 0 bridgehead atoms. The van der Waals surface area contributed by atoms with Gasteiger partial charge in [-0.15, -0.1) is 0 Å². The van der Waals surface area contributed by atoms with Crippen LogP contribution in [-0.4, -0.2) is 19.1 Å². The van der Waals surface area contributed by atoms with Crippen molar-refractivity contribution < 1.29 is 13.9 Å². The molecule has 1 aromatic carbocycles. The van der Waals surface area contributed by atoms with E-state index in [1.807, 2.05) is 0 Å². The zero-order valence-electron chi connectivity index (χ0n) is 8.50. The number of carbonyl (C=O) groups is 1. The third-order valence-corrected chi connectivity index (χ3v) is 1.92. The molecule has 0 spiro atoms. The van der Waals surface area contributed by atoms with Gasteiger partial charge in [0.05, 0.1) is 0 Å². The Labute approximate surface area is 101 Å². The Morgan fingerprint density at radius 1 is 1.56 bits per heavy atom. The summed E-state index contributed by atoms with van der Waals surface area (Å²) in [7, 11) is 0. The largest absolute Gasteiger partial charge is 0.484 e. The van der Waals surface area contributed by atoms with Crippen LogP contribution in [0.2, 0.25) is 0 Å². The van der Waals surface area contributed by atoms with Gasteiger partial charge in [-0.1, -0.05) is 28.6 Å². The van der Waals surface area contributed by atoms with Gasteiger partial charge in [-0.25, -0.2) is 4.39 Å². The number of benzene rings is 1. The van der Waals surface area contributed by atoms with E-state index in [-0.39, 0.29) is 12.5 Å². The minimum absolute atomic E-state index is 0.149. The minimum Gasteiger partial charge on any atom is -0.484 e. The Bertz CT molecular complexity index is 395. The Hall–Kier alpha value is -1.36. The number of hydrogen-bond donors (Lipinski definition) is 1. The molecule has 0 radical (unpaired) electrons. The van der Waals surface area contributed by atoms with Crippen LogP contribution >= 0.6 is 15.9 Å². The van der Waals surface area contributed by atoms with Crippen LogP contribution in [0.5, 0.6) is 5.75 Å². The lowest BCUT2D eigenvalue weighted by Gasteiger charge is -2.06. The van der Waals surface area contributed by atoms with Crippen molar-refractivity contribution in [1.82, 2.24) is 5.32 Å². The van der Waals surface area contributed by atoms with E-state index in [9.17, 15) is 9.18 Å². The van der Waals surface area contributed by atoms with Gasteiger partial charge in [0.2, 0.25) is 0 Å². The lowest BCUT2D eigenvalue weighted by Crippen LogP contribution is -2.29. The summed E-state index contributed by atoms with van der Waals surface area (Å²) in [5.74, 6) is -0.357. The van der Waals surface area contributed by atoms with Crippen molar-refractivity contribution in [2.24, 2.45) is 0 Å². The van der Waals surface area contributed by atoms with E-state index < -0.39 is 5.82 Å². The van der Waals surface area contributed by atoms with Crippen LogP contribution in [-0.2, 0) is 4.79 Å². The Balaban J connectivity index is 2.34. The fourth-order valence-electron chi connectivity index (χ4n) is 0.951. The number of rotatable bonds is 5. The standard InChI is InChI=1S/C11H11BrFNO2/c1-8(12)6-14-11(15)7-16-10-4-2-3-9(13)5-10/h2-5H,1,6-7H2,(H,14,15). The van der Waals surface area contributed by atoms with Crippen LogP contribution < -0.4 is 10.1 Å². The van der Waals surface area contributed by atoms with E-state index in [0.717, 1.165) is 0 Å². The fraction of sp³-hybridized carbons (Fsp3) is 0.182. The number of carbonyl (C=O) groups excluding carboxylic acids is 1. The van der Waals surface area contributed by atoms with Gasteiger partial charge in [-0.2, -0.15) is 0 Å². The second kappa shape index (κ2) is 6.27. The third kappa shape index (κ3) is 4.93. The van der Waals surface area contributed by atoms with E-state index in [1.54, 1.807) is 6.07 Å². The van der Waals surface area contributed by atoms with Crippen LogP contribution in [0.4, 0.5) is 4.39 Å². The van der Waals surface area contributed by atoms with Crippen LogP contribution in [0.1, 0.15) is 0 Å². The molecule has 1 aromatic rings. The third-order valence-electron chi connectivity index (χ3n) is 1.64. The van der Waals surface area contributed by atoms with E-state index in [2.05, 4.69) is 27.8 Å². The molecule has 0 fully saturated rings. The second-order valence-electron chi connectivity index (χ2n) is 3.04. The van der Waals surface area contributed by atoms with Crippen LogP contribution in [0.3, 0.4) is 0 Å². The smallest absolute Gasteiger partial charge is 0.258 e. The average Bonchev–Trinajstić information content (AvgIpc) is 2.23. The van der Waals surface area contributed by atoms with Gasteiger partial charge in [-0.05, 0) is 12.1 Å². The molecule has 0 saturated carbocycles. The van der Waals surface area contributed by atoms with Gasteiger partial charge < -0.3 is 10.1 Å². The highest BCUT2D eigenvalue weighted by Crippen LogP contribution is 2.11. The highest BCUT2D eigenvalue weighted by atomic mass is 79.9. The second-order valence-corrected chi connectivity index (χ2v) is 4.16. The fourth-order valence-corrected chi connectivity index (χ4v) is 1.09. The summed E-state index contributed by atoms with van der Waals surface area (Å²) in [5.41, 5.74) is 0. The molecule has 0 heterocycles. The topological polar surface area (TPSA) is 38.3 Å². The van der Waals surface area contributed by atoms with Crippen LogP contribution in [0.15, 0.2) is 35.3 Å². The van der Waals surface area contributed by atoms with E-state index in [4.69, 9.17) is 4.74 Å². The maximum absolute atomic E-state index is 12.7. The van der Waals surface area contributed by atoms with E-state index >= 15 is 0 Å². The molecule has 0 saturated heterocycles. The molecule has 3 nitrogen and oxygen atoms in total. The van der Waals surface area contributed by atoms with Gasteiger partial charge in [0.25, 0.3) is 5.91 Å². The summed E-state index contributed by atoms with van der Waals surface area (Å²) in [4.78, 5) is 11.2. The Morgan fingerprint density at radius 2 is 2.31 bits per heavy atom. The van der Waals surface area contributed by atoms with Crippen molar-refractivity contribution in [2.75, 3.05) is 13.2 Å². The molecule has 5 heteroatoms. The van der Waals surface area contributed by atoms with Gasteiger partial charge in [0.1, 0.15) is 11.6 Å². The summed E-state index contributed by atoms with van der Waals surface area (Å²) < 4.78 is 18.5. The number of hydrogen-bond acceptors (Lipinski definition) is 2. The molecular formula is C11H11BrFNO2. The number of nitrogens with one attached hydrogen (secondary N) is 1. The van der Waals surface area contributed by atoms with Crippen molar-refractivity contribution in [3.8, 4) is 5.75 Å². The summed E-state index contributed by atoms with van der Waals surface area (Å²) in [6.07, 6.45) is 0. The first-order valence-corrected chi connectivity index (χ1v) is 5.35. The molecule has 0 aliphatic rings. The van der Waals surface area contributed by atoms with Gasteiger partial charge in [0, 0.05) is 17.1 Å². The van der Waals surface area contributed by atoms with E-state index in [0.29, 0.717) is 16.8 Å². The molecule has 1 rings (SSSR count). The van der Waals surface area contributed by atoms with Crippen molar-refractivity contribution in [3.05, 3.63) is 41.1 Å². The maximum Gasteiger partial charge on any atom is 0.258 e. The summed E-state index contributed by atoms with van der Waals surface area (Å²) in [5, 5.41) is 2.56. The summed E-state index contributed by atoms with van der Waals surface area (Å²) >= 11 is 3.11. The number of halogens is 2. The van der Waals surface area contributed by atoms with Crippen molar-refractivity contribution in [2.45, 2.75) is 0 Å². The predicted octanol–water partition coefficient (Wildman–Crippen LogP) is 2.23. The molecule has 16 heavy (non-hydrogen) atoms. The monoisotopic (exact) mass is 287 g/mol. The Morgan fingerprint density at radius 3 is 2.94 bits per heavy atom. The Kier molecular flexibility index (Phi) is 4.98. The first kappa shape index (κ1) is 12.7. The molecule has 0 aromatic heterocycles. The SMILES string of the molecule is C=C(Br)CNC(=O)COc1cccc(F)c1. The molecule has 0 atom stereocenters. The number of ether oxygens (including phenoxy) is 1. The molecule has 0 aliphatic heterocycles. The molecule has 1 amide bonds. The zero-order valence-corrected chi connectivity index (χ0v) is 10.1. The number of amides is 1. The first-order chi connectivity index (χ1) is 7.58. The van der Waals surface area contributed by atoms with Crippen molar-refractivity contribution >= 4 is 21.8 Å². The molecule has 86 valence electrons. The highest BCUT2D eigenvalue weighted by Gasteiger charge is 2.02. The van der Waals surface area contributed by atoms with Crippen molar-refractivity contribution in [3.63, 3.8) is 0 Å². The quantitative estimate of drug-likeness (QED) is 0.902. The lowest BCUT2D eigenvalue weighted by atomic mass is 10.3. The molecular weight excluding hydrogens is 277 g/mol. The normalized spacial score (nSPS) is 9.62. The molecule has 0 aliphatic carbocycles. The average molecular weight is 288 g/mol. The maximum atomic E-state index is 12.7. The van der Waals surface area contributed by atoms with Crippen molar-refractivity contribution in [1.29, 1.82) is 0 Å². The van der Waals surface area contributed by atoms with Gasteiger partial charge >= 0.3 is 0 Å². The van der Waals surface area contributed by atoms with Gasteiger partial charge in [-0.3, -0.25) is 4.79 Å². The molecule has 0 unspecified atom stereocenters. The zero-order chi connectivity index (χ0) is 12.0. The predicted molar refractivity (Wildman–Crippen MR) is 63.0 cm³/mol. The lowest BCUT2D eigenvalue weighted by molar-refractivity contribution is -0.122. The summed E-state index contributed by atoms with van der Waals surface area (Å²) in [6, 6.07) is 5.63. The van der Waals surface area contributed by atoms with Crippen LogP contribution in [0.25, 0.3) is 0 Å². The van der Waals surface area contributed by atoms with Crippen LogP contribution in [0, 0.1) is 5.82 Å². The molecule has 1 N–H and O–H groups in total. The minimum atomic E-state index is -0.397. The summed E-state index contributed by atoms with van der Waals surface area (Å²) in [6.45, 7) is 3.76.